The van der Waals surface area contributed by atoms with Gasteiger partial charge in [-0.15, -0.1) is 0 Å². The fourth-order valence-electron chi connectivity index (χ4n) is 3.22. The minimum Gasteiger partial charge on any atom is -0.342 e. The first-order valence-electron chi connectivity index (χ1n) is 9.16. The molecule has 3 aromatic rings. The van der Waals surface area contributed by atoms with Gasteiger partial charge in [-0.3, -0.25) is 14.6 Å². The van der Waals surface area contributed by atoms with Crippen molar-refractivity contribution in [2.75, 3.05) is 5.32 Å². The Morgan fingerprint density at radius 2 is 1.78 bits per heavy atom. The van der Waals surface area contributed by atoms with Gasteiger partial charge < -0.3 is 9.88 Å². The van der Waals surface area contributed by atoms with Crippen molar-refractivity contribution in [1.29, 1.82) is 0 Å². The van der Waals surface area contributed by atoms with E-state index in [1.807, 2.05) is 54.8 Å². The van der Waals surface area contributed by atoms with E-state index in [0.29, 0.717) is 25.1 Å². The molecular weight excluding hydrogens is 338 g/mol. The van der Waals surface area contributed by atoms with E-state index in [-0.39, 0.29) is 16.9 Å². The lowest BCUT2D eigenvalue weighted by atomic mass is 10.1. The maximum absolute atomic E-state index is 12.9. The van der Waals surface area contributed by atoms with Gasteiger partial charge in [0.05, 0.1) is 12.2 Å². The fraction of sp³-hybridized carbons (Fsp3) is 0.227. The van der Waals surface area contributed by atoms with E-state index in [4.69, 9.17) is 0 Å². The van der Waals surface area contributed by atoms with E-state index < -0.39 is 0 Å². The van der Waals surface area contributed by atoms with Crippen molar-refractivity contribution in [1.82, 2.24) is 9.55 Å². The Bertz CT molecular complexity index is 980. The lowest BCUT2D eigenvalue weighted by molar-refractivity contribution is 0.102. The average molecular weight is 361 g/mol. The van der Waals surface area contributed by atoms with Gasteiger partial charge in [0.25, 0.3) is 5.91 Å². The van der Waals surface area contributed by atoms with Crippen LogP contribution in [0.25, 0.3) is 0 Å². The maximum Gasteiger partial charge on any atom is 0.261 e. The molecule has 1 amide bonds. The molecule has 2 heterocycles. The van der Waals surface area contributed by atoms with E-state index in [1.165, 1.54) is 0 Å². The number of carbonyl (C=O) groups is 1. The summed E-state index contributed by atoms with van der Waals surface area (Å²) in [6.45, 7) is 4.49. The number of rotatable bonds is 6. The Balaban J connectivity index is 2.07. The number of benzene rings is 1. The van der Waals surface area contributed by atoms with Crippen LogP contribution in [0.15, 0.2) is 65.6 Å². The summed E-state index contributed by atoms with van der Waals surface area (Å²) in [4.78, 5) is 30.0. The van der Waals surface area contributed by atoms with Gasteiger partial charge in [-0.05, 0) is 37.1 Å². The molecule has 0 atom stereocenters. The molecule has 0 aliphatic rings. The summed E-state index contributed by atoms with van der Waals surface area (Å²) < 4.78 is 2.05. The number of amides is 1. The number of nitrogens with one attached hydrogen (secondary N) is 1. The van der Waals surface area contributed by atoms with Crippen molar-refractivity contribution in [2.24, 2.45) is 0 Å². The molecule has 27 heavy (non-hydrogen) atoms. The summed E-state index contributed by atoms with van der Waals surface area (Å²) in [6, 6.07) is 16.5. The maximum atomic E-state index is 12.9. The highest BCUT2D eigenvalue weighted by atomic mass is 16.2. The van der Waals surface area contributed by atoms with E-state index in [0.717, 1.165) is 17.1 Å². The Kier molecular flexibility index (Phi) is 5.81. The van der Waals surface area contributed by atoms with Gasteiger partial charge in [-0.2, -0.15) is 0 Å². The molecule has 2 aromatic heterocycles. The molecule has 1 N–H and O–H groups in total. The number of pyridine rings is 2. The molecular formula is C22H23N3O2. The van der Waals surface area contributed by atoms with Crippen LogP contribution < -0.4 is 10.7 Å². The minimum atomic E-state index is -0.375. The number of carbonyl (C=O) groups excluding carboxylic acids is 1. The second-order valence-corrected chi connectivity index (χ2v) is 6.26. The second-order valence-electron chi connectivity index (χ2n) is 6.26. The highest BCUT2D eigenvalue weighted by molar-refractivity contribution is 6.05. The number of hydrogen-bond donors (Lipinski definition) is 1. The number of aromatic nitrogens is 2. The Morgan fingerprint density at radius 1 is 1.04 bits per heavy atom. The van der Waals surface area contributed by atoms with E-state index >= 15 is 0 Å². The molecule has 5 heteroatoms. The van der Waals surface area contributed by atoms with Crippen molar-refractivity contribution >= 4 is 11.6 Å². The molecule has 138 valence electrons. The van der Waals surface area contributed by atoms with Gasteiger partial charge in [0.15, 0.2) is 5.43 Å². The predicted octanol–water partition coefficient (Wildman–Crippen LogP) is 3.67. The topological polar surface area (TPSA) is 64.0 Å². The van der Waals surface area contributed by atoms with Gasteiger partial charge in [0, 0.05) is 29.3 Å². The van der Waals surface area contributed by atoms with Crippen molar-refractivity contribution in [3.8, 4) is 0 Å². The summed E-state index contributed by atoms with van der Waals surface area (Å²) >= 11 is 0. The zero-order valence-corrected chi connectivity index (χ0v) is 15.6. The Hall–Kier alpha value is -3.21. The quantitative estimate of drug-likeness (QED) is 0.729. The number of nitrogens with zero attached hydrogens (tertiary/aromatic N) is 2. The highest BCUT2D eigenvalue weighted by Gasteiger charge is 2.20. The average Bonchev–Trinajstić information content (AvgIpc) is 2.70. The molecule has 0 fully saturated rings. The summed E-state index contributed by atoms with van der Waals surface area (Å²) in [7, 11) is 0. The Morgan fingerprint density at radius 3 is 2.41 bits per heavy atom. The third-order valence-electron chi connectivity index (χ3n) is 4.51. The molecule has 0 unspecified atom stereocenters. The molecule has 0 aliphatic heterocycles. The number of anilines is 1. The van der Waals surface area contributed by atoms with Gasteiger partial charge in [-0.25, -0.2) is 0 Å². The number of para-hydroxylation sites is 1. The van der Waals surface area contributed by atoms with E-state index in [2.05, 4.69) is 10.3 Å². The summed E-state index contributed by atoms with van der Waals surface area (Å²) in [5.74, 6) is -0.375. The van der Waals surface area contributed by atoms with Crippen LogP contribution in [0, 0.1) is 0 Å². The molecule has 3 rings (SSSR count). The van der Waals surface area contributed by atoms with Gasteiger partial charge >= 0.3 is 0 Å². The molecule has 0 bridgehead atoms. The molecule has 1 aromatic carbocycles. The van der Waals surface area contributed by atoms with Crippen molar-refractivity contribution in [2.45, 2.75) is 33.2 Å². The number of hydrogen-bond acceptors (Lipinski definition) is 3. The van der Waals surface area contributed by atoms with Crippen LogP contribution in [-0.4, -0.2) is 15.5 Å². The van der Waals surface area contributed by atoms with Gasteiger partial charge in [-0.1, -0.05) is 38.1 Å². The molecule has 0 saturated carbocycles. The zero-order chi connectivity index (χ0) is 19.2. The van der Waals surface area contributed by atoms with Crippen LogP contribution in [0.4, 0.5) is 5.69 Å². The first-order chi connectivity index (χ1) is 13.1. The van der Waals surface area contributed by atoms with Crippen LogP contribution in [0.3, 0.4) is 0 Å². The van der Waals surface area contributed by atoms with Crippen LogP contribution in [0.1, 0.15) is 41.3 Å². The zero-order valence-electron chi connectivity index (χ0n) is 15.6. The smallest absolute Gasteiger partial charge is 0.261 e. The molecule has 0 aliphatic carbocycles. The van der Waals surface area contributed by atoms with Crippen LogP contribution in [0.5, 0.6) is 0 Å². The van der Waals surface area contributed by atoms with Crippen molar-refractivity contribution in [3.05, 3.63) is 93.7 Å². The summed E-state index contributed by atoms with van der Waals surface area (Å²) in [6.07, 6.45) is 3.03. The largest absolute Gasteiger partial charge is 0.342 e. The van der Waals surface area contributed by atoms with Crippen molar-refractivity contribution < 1.29 is 4.79 Å². The van der Waals surface area contributed by atoms with Gasteiger partial charge in [0.1, 0.15) is 5.56 Å². The van der Waals surface area contributed by atoms with Crippen LogP contribution >= 0.6 is 0 Å². The number of aryl methyl sites for hydroxylation is 1. The van der Waals surface area contributed by atoms with Crippen LogP contribution in [0.2, 0.25) is 0 Å². The highest BCUT2D eigenvalue weighted by Crippen LogP contribution is 2.15. The summed E-state index contributed by atoms with van der Waals surface area (Å²) in [5, 5.41) is 2.83. The molecule has 0 saturated heterocycles. The third kappa shape index (κ3) is 4.14. The SMILES string of the molecule is CCc1cc(=O)c(C(=O)Nc2ccccc2)c(CC)n1Cc1ccccn1. The van der Waals surface area contributed by atoms with Crippen LogP contribution in [-0.2, 0) is 19.4 Å². The monoisotopic (exact) mass is 361 g/mol. The van der Waals surface area contributed by atoms with E-state index in [9.17, 15) is 9.59 Å². The molecule has 0 radical (unpaired) electrons. The fourth-order valence-corrected chi connectivity index (χ4v) is 3.22. The predicted molar refractivity (Wildman–Crippen MR) is 107 cm³/mol. The normalized spacial score (nSPS) is 10.6. The van der Waals surface area contributed by atoms with Crippen molar-refractivity contribution in [3.63, 3.8) is 0 Å². The first-order valence-corrected chi connectivity index (χ1v) is 9.16. The Labute approximate surface area is 158 Å². The second kappa shape index (κ2) is 8.45. The summed E-state index contributed by atoms with van der Waals surface area (Å²) in [5.41, 5.74) is 3.15. The van der Waals surface area contributed by atoms with E-state index in [1.54, 1.807) is 24.4 Å². The lowest BCUT2D eigenvalue weighted by Crippen LogP contribution is -2.29. The minimum absolute atomic E-state index is 0.203. The first kappa shape index (κ1) is 18.6. The molecule has 0 spiro atoms. The van der Waals surface area contributed by atoms with Gasteiger partial charge in [0.2, 0.25) is 0 Å². The standard InChI is InChI=1S/C22H23N3O2/c1-3-18-14-20(26)21(22(27)24-16-10-6-5-7-11-16)19(4-2)25(18)15-17-12-8-9-13-23-17/h5-14H,3-4,15H2,1-2H3,(H,24,27). The lowest BCUT2D eigenvalue weighted by Gasteiger charge is -2.20. The molecule has 5 nitrogen and oxygen atoms in total. The third-order valence-corrected chi connectivity index (χ3v) is 4.51.